The third kappa shape index (κ3) is 3.66. The summed E-state index contributed by atoms with van der Waals surface area (Å²) in [6, 6.07) is 11.9. The van der Waals surface area contributed by atoms with Crippen LogP contribution in [0.1, 0.15) is 5.56 Å². The quantitative estimate of drug-likeness (QED) is 0.763. The number of sulfone groups is 1. The summed E-state index contributed by atoms with van der Waals surface area (Å²) in [4.78, 5) is 13.9. The lowest BCUT2D eigenvalue weighted by Crippen LogP contribution is -2.57. The molecule has 1 amide bonds. The number of methoxy groups -OCH3 is 1. The van der Waals surface area contributed by atoms with Gasteiger partial charge in [0.1, 0.15) is 16.8 Å². The summed E-state index contributed by atoms with van der Waals surface area (Å²) < 4.78 is 42.9. The molecule has 0 bridgehead atoms. The van der Waals surface area contributed by atoms with E-state index in [9.17, 15) is 17.6 Å². The molecule has 2 aromatic rings. The van der Waals surface area contributed by atoms with Crippen molar-refractivity contribution in [2.75, 3.05) is 20.2 Å². The normalized spacial score (nSPS) is 14.9. The minimum absolute atomic E-state index is 0.0844. The molecule has 0 radical (unpaired) electrons. The molecule has 0 saturated carbocycles. The van der Waals surface area contributed by atoms with Crippen molar-refractivity contribution < 1.29 is 22.3 Å². The molecule has 0 unspecified atom stereocenters. The molecule has 7 heteroatoms. The van der Waals surface area contributed by atoms with Crippen LogP contribution in [0, 0.1) is 5.82 Å². The highest BCUT2D eigenvalue weighted by molar-refractivity contribution is 7.92. The van der Waals surface area contributed by atoms with Gasteiger partial charge in [0, 0.05) is 13.1 Å². The lowest BCUT2D eigenvalue weighted by atomic mass is 10.1. The van der Waals surface area contributed by atoms with Gasteiger partial charge in [-0.2, -0.15) is 0 Å². The zero-order valence-electron chi connectivity index (χ0n) is 13.7. The average molecular weight is 363 g/mol. The van der Waals surface area contributed by atoms with E-state index in [1.165, 1.54) is 17.0 Å². The first-order valence-corrected chi connectivity index (χ1v) is 9.35. The van der Waals surface area contributed by atoms with E-state index < -0.39 is 20.9 Å². The van der Waals surface area contributed by atoms with Crippen molar-refractivity contribution in [2.45, 2.75) is 16.6 Å². The van der Waals surface area contributed by atoms with Gasteiger partial charge in [-0.15, -0.1) is 0 Å². The van der Waals surface area contributed by atoms with Gasteiger partial charge in [-0.05, 0) is 42.0 Å². The Hall–Kier alpha value is -2.41. The standard InChI is InChI=1S/C18H18FNO4S/c1-24-15-6-2-13(3-7-15)10-18(21)20-11-17(12-20)25(22,23)16-8-4-14(19)5-9-16/h2-9,17H,10-12H2,1H3. The topological polar surface area (TPSA) is 63.7 Å². The fourth-order valence-corrected chi connectivity index (χ4v) is 4.34. The van der Waals surface area contributed by atoms with Gasteiger partial charge in [-0.25, -0.2) is 12.8 Å². The molecule has 132 valence electrons. The van der Waals surface area contributed by atoms with Gasteiger partial charge in [0.05, 0.1) is 18.4 Å². The number of benzene rings is 2. The van der Waals surface area contributed by atoms with Crippen LogP contribution in [0.15, 0.2) is 53.4 Å². The van der Waals surface area contributed by atoms with Crippen LogP contribution in [0.4, 0.5) is 4.39 Å². The van der Waals surface area contributed by atoms with Gasteiger partial charge in [-0.3, -0.25) is 4.79 Å². The number of carbonyl (C=O) groups is 1. The summed E-state index contributed by atoms with van der Waals surface area (Å²) in [7, 11) is -1.97. The Bertz CT molecular complexity index is 857. The number of nitrogens with zero attached hydrogens (tertiary/aromatic N) is 1. The molecule has 1 aliphatic heterocycles. The number of rotatable bonds is 5. The molecule has 2 aromatic carbocycles. The van der Waals surface area contributed by atoms with E-state index in [-0.39, 0.29) is 30.3 Å². The predicted octanol–water partition coefficient (Wildman–Crippen LogP) is 2.06. The van der Waals surface area contributed by atoms with Gasteiger partial charge >= 0.3 is 0 Å². The second kappa shape index (κ2) is 6.84. The maximum Gasteiger partial charge on any atom is 0.227 e. The third-order valence-electron chi connectivity index (χ3n) is 4.30. The number of carbonyl (C=O) groups excluding carboxylic acids is 1. The number of halogens is 1. The van der Waals surface area contributed by atoms with E-state index in [0.717, 1.165) is 17.7 Å². The first-order valence-electron chi connectivity index (χ1n) is 7.80. The highest BCUT2D eigenvalue weighted by Gasteiger charge is 2.40. The number of likely N-dealkylation sites (tertiary alicyclic amines) is 1. The van der Waals surface area contributed by atoms with Crippen LogP contribution in [-0.4, -0.2) is 44.7 Å². The zero-order chi connectivity index (χ0) is 18.0. The van der Waals surface area contributed by atoms with E-state index in [4.69, 9.17) is 4.74 Å². The Morgan fingerprint density at radius 2 is 1.72 bits per heavy atom. The zero-order valence-corrected chi connectivity index (χ0v) is 14.5. The maximum absolute atomic E-state index is 12.9. The van der Waals surface area contributed by atoms with E-state index in [2.05, 4.69) is 0 Å². The molecule has 1 fully saturated rings. The minimum Gasteiger partial charge on any atom is -0.497 e. The van der Waals surface area contributed by atoms with Crippen LogP contribution in [0.5, 0.6) is 5.75 Å². The molecular weight excluding hydrogens is 345 g/mol. The van der Waals surface area contributed by atoms with Gasteiger partial charge in [0.15, 0.2) is 9.84 Å². The predicted molar refractivity (Wildman–Crippen MR) is 90.7 cm³/mol. The Balaban J connectivity index is 1.59. The lowest BCUT2D eigenvalue weighted by Gasteiger charge is -2.38. The molecule has 5 nitrogen and oxygen atoms in total. The van der Waals surface area contributed by atoms with E-state index >= 15 is 0 Å². The molecule has 1 aliphatic rings. The molecule has 0 N–H and O–H groups in total. The van der Waals surface area contributed by atoms with Crippen LogP contribution >= 0.6 is 0 Å². The summed E-state index contributed by atoms with van der Waals surface area (Å²) in [6.07, 6.45) is 0.216. The Morgan fingerprint density at radius 3 is 2.28 bits per heavy atom. The van der Waals surface area contributed by atoms with Gasteiger partial charge in [-0.1, -0.05) is 12.1 Å². The van der Waals surface area contributed by atoms with Crippen LogP contribution in [0.3, 0.4) is 0 Å². The van der Waals surface area contributed by atoms with Crippen LogP contribution < -0.4 is 4.74 Å². The Morgan fingerprint density at radius 1 is 1.12 bits per heavy atom. The van der Waals surface area contributed by atoms with Crippen molar-refractivity contribution in [1.29, 1.82) is 0 Å². The molecule has 3 rings (SSSR count). The van der Waals surface area contributed by atoms with E-state index in [1.807, 2.05) is 12.1 Å². The van der Waals surface area contributed by atoms with Crippen LogP contribution in [-0.2, 0) is 21.1 Å². The second-order valence-electron chi connectivity index (χ2n) is 5.94. The first-order chi connectivity index (χ1) is 11.9. The van der Waals surface area contributed by atoms with Crippen molar-refractivity contribution in [3.8, 4) is 5.75 Å². The fourth-order valence-electron chi connectivity index (χ4n) is 2.68. The average Bonchev–Trinajstić information content (AvgIpc) is 2.54. The highest BCUT2D eigenvalue weighted by Crippen LogP contribution is 2.24. The molecule has 0 spiro atoms. The van der Waals surface area contributed by atoms with Crippen molar-refractivity contribution in [2.24, 2.45) is 0 Å². The van der Waals surface area contributed by atoms with E-state index in [0.29, 0.717) is 5.75 Å². The number of ether oxygens (including phenoxy) is 1. The van der Waals surface area contributed by atoms with Gasteiger partial charge in [0.2, 0.25) is 5.91 Å². The monoisotopic (exact) mass is 363 g/mol. The van der Waals surface area contributed by atoms with E-state index in [1.54, 1.807) is 19.2 Å². The summed E-state index contributed by atoms with van der Waals surface area (Å²) in [5.74, 6) is 0.116. The largest absolute Gasteiger partial charge is 0.497 e. The maximum atomic E-state index is 12.9. The van der Waals surface area contributed by atoms with Crippen LogP contribution in [0.25, 0.3) is 0 Å². The summed E-state index contributed by atoms with van der Waals surface area (Å²) in [5.41, 5.74) is 0.843. The van der Waals surface area contributed by atoms with Crippen molar-refractivity contribution >= 4 is 15.7 Å². The number of hydrogen-bond acceptors (Lipinski definition) is 4. The molecule has 0 aliphatic carbocycles. The van der Waals surface area contributed by atoms with Crippen molar-refractivity contribution in [3.05, 3.63) is 59.9 Å². The summed E-state index contributed by atoms with van der Waals surface area (Å²) >= 11 is 0. The Labute approximate surface area is 145 Å². The molecular formula is C18H18FNO4S. The number of amides is 1. The molecule has 0 aromatic heterocycles. The lowest BCUT2D eigenvalue weighted by molar-refractivity contribution is -0.133. The van der Waals surface area contributed by atoms with Crippen LogP contribution in [0.2, 0.25) is 0 Å². The molecule has 25 heavy (non-hydrogen) atoms. The van der Waals surface area contributed by atoms with Gasteiger partial charge < -0.3 is 9.64 Å². The number of hydrogen-bond donors (Lipinski definition) is 0. The molecule has 1 heterocycles. The Kier molecular flexibility index (Phi) is 4.76. The second-order valence-corrected chi connectivity index (χ2v) is 8.17. The molecule has 0 atom stereocenters. The first kappa shape index (κ1) is 17.4. The van der Waals surface area contributed by atoms with Gasteiger partial charge in [0.25, 0.3) is 0 Å². The van der Waals surface area contributed by atoms with Crippen molar-refractivity contribution in [3.63, 3.8) is 0 Å². The SMILES string of the molecule is COc1ccc(CC(=O)N2CC(S(=O)(=O)c3ccc(F)cc3)C2)cc1. The van der Waals surface area contributed by atoms with Crippen molar-refractivity contribution in [1.82, 2.24) is 4.90 Å². The smallest absolute Gasteiger partial charge is 0.227 e. The highest BCUT2D eigenvalue weighted by atomic mass is 32.2. The third-order valence-corrected chi connectivity index (χ3v) is 6.40. The summed E-state index contributed by atoms with van der Waals surface area (Å²) in [5, 5.41) is -0.641. The fraction of sp³-hybridized carbons (Fsp3) is 0.278. The minimum atomic E-state index is -3.54. The molecule has 1 saturated heterocycles. The summed E-state index contributed by atoms with van der Waals surface area (Å²) in [6.45, 7) is 0.323.